The van der Waals surface area contributed by atoms with Crippen molar-refractivity contribution in [3.05, 3.63) is 46.3 Å². The summed E-state index contributed by atoms with van der Waals surface area (Å²) in [4.78, 5) is 2.85. The van der Waals surface area contributed by atoms with Crippen molar-refractivity contribution >= 4 is 11.8 Å². The number of fused-ring (bicyclic) bond motifs is 1. The minimum Gasteiger partial charge on any atom is -0.389 e. The summed E-state index contributed by atoms with van der Waals surface area (Å²) in [7, 11) is 0. The van der Waals surface area contributed by atoms with Crippen LogP contribution in [0.1, 0.15) is 11.9 Å². The predicted molar refractivity (Wildman–Crippen MR) is 81.1 cm³/mol. The quantitative estimate of drug-likeness (QED) is 0.522. The van der Waals surface area contributed by atoms with Crippen molar-refractivity contribution in [3.63, 3.8) is 0 Å². The molecule has 2 fully saturated rings. The standard InChI is InChI=1S/C14H17N3O4S/c1-22-14-11(18)10(16-17-15)12-9(20-14)7-19-13(21-12)8-5-3-2-4-6-8/h2-6,9-14,18H,7H2,1H3/t9?,10-,11?,12-,13?,14+/m1/s1. The molecule has 22 heavy (non-hydrogen) atoms. The van der Waals surface area contributed by atoms with Gasteiger partial charge in [0.05, 0.1) is 12.6 Å². The molecule has 2 saturated heterocycles. The molecule has 2 aliphatic heterocycles. The third-order valence-electron chi connectivity index (χ3n) is 3.82. The second-order valence-electron chi connectivity index (χ2n) is 5.14. The van der Waals surface area contributed by atoms with Crippen LogP contribution in [-0.2, 0) is 14.2 Å². The van der Waals surface area contributed by atoms with Crippen molar-refractivity contribution in [2.24, 2.45) is 5.11 Å². The molecule has 7 nitrogen and oxygen atoms in total. The van der Waals surface area contributed by atoms with Gasteiger partial charge >= 0.3 is 0 Å². The number of azide groups is 1. The largest absolute Gasteiger partial charge is 0.389 e. The van der Waals surface area contributed by atoms with Crippen molar-refractivity contribution in [1.82, 2.24) is 0 Å². The SMILES string of the molecule is CS[C@@H]1OC2COC(c3ccccc3)O[C@H]2[C@H](N=[N+]=[N-])C1O. The third-order valence-corrected chi connectivity index (χ3v) is 4.68. The number of aliphatic hydroxyl groups is 1. The Morgan fingerprint density at radius 1 is 1.32 bits per heavy atom. The van der Waals surface area contributed by atoms with Gasteiger partial charge in [0, 0.05) is 10.5 Å². The van der Waals surface area contributed by atoms with Crippen LogP contribution in [0.3, 0.4) is 0 Å². The predicted octanol–water partition coefficient (Wildman–Crippen LogP) is 2.23. The van der Waals surface area contributed by atoms with Crippen LogP contribution in [0.2, 0.25) is 0 Å². The molecular weight excluding hydrogens is 306 g/mol. The zero-order valence-electron chi connectivity index (χ0n) is 12.0. The second kappa shape index (κ2) is 6.87. The van der Waals surface area contributed by atoms with E-state index in [0.717, 1.165) is 5.56 Å². The van der Waals surface area contributed by atoms with Crippen molar-refractivity contribution in [1.29, 1.82) is 0 Å². The van der Waals surface area contributed by atoms with Crippen LogP contribution in [-0.4, -0.2) is 47.8 Å². The second-order valence-corrected chi connectivity index (χ2v) is 6.08. The lowest BCUT2D eigenvalue weighted by atomic mass is 9.97. The van der Waals surface area contributed by atoms with Gasteiger partial charge in [-0.25, -0.2) is 0 Å². The van der Waals surface area contributed by atoms with Gasteiger partial charge in [0.25, 0.3) is 0 Å². The molecule has 0 aromatic heterocycles. The highest BCUT2D eigenvalue weighted by atomic mass is 32.2. The molecule has 0 spiro atoms. The minimum atomic E-state index is -0.915. The van der Waals surface area contributed by atoms with Gasteiger partial charge in [0.15, 0.2) is 6.29 Å². The molecule has 0 saturated carbocycles. The Labute approximate surface area is 132 Å². The summed E-state index contributed by atoms with van der Waals surface area (Å²) in [6, 6.07) is 8.81. The Kier molecular flexibility index (Phi) is 4.87. The zero-order chi connectivity index (χ0) is 15.5. The highest BCUT2D eigenvalue weighted by Crippen LogP contribution is 2.37. The number of hydrogen-bond acceptors (Lipinski definition) is 6. The molecule has 1 aromatic rings. The van der Waals surface area contributed by atoms with E-state index in [2.05, 4.69) is 10.0 Å². The number of hydrogen-bond donors (Lipinski definition) is 1. The molecule has 0 aliphatic carbocycles. The topological polar surface area (TPSA) is 96.7 Å². The van der Waals surface area contributed by atoms with Gasteiger partial charge in [-0.05, 0) is 11.8 Å². The van der Waals surface area contributed by atoms with Gasteiger partial charge in [0.2, 0.25) is 0 Å². The fourth-order valence-corrected chi connectivity index (χ4v) is 3.44. The number of benzene rings is 1. The average Bonchev–Trinajstić information content (AvgIpc) is 2.57. The third kappa shape index (κ3) is 2.94. The molecule has 0 bridgehead atoms. The zero-order valence-corrected chi connectivity index (χ0v) is 12.8. The summed E-state index contributed by atoms with van der Waals surface area (Å²) in [5, 5.41) is 14.1. The maximum Gasteiger partial charge on any atom is 0.184 e. The van der Waals surface area contributed by atoms with Gasteiger partial charge in [-0.15, -0.1) is 11.8 Å². The van der Waals surface area contributed by atoms with E-state index in [9.17, 15) is 5.11 Å². The van der Waals surface area contributed by atoms with Crippen molar-refractivity contribution in [3.8, 4) is 0 Å². The molecule has 8 heteroatoms. The minimum absolute atomic E-state index is 0.325. The van der Waals surface area contributed by atoms with E-state index in [1.807, 2.05) is 36.6 Å². The molecule has 3 rings (SSSR count). The van der Waals surface area contributed by atoms with E-state index in [-0.39, 0.29) is 6.10 Å². The first kappa shape index (κ1) is 15.6. The molecular formula is C14H17N3O4S. The molecule has 0 radical (unpaired) electrons. The first-order chi connectivity index (χ1) is 10.7. The highest BCUT2D eigenvalue weighted by Gasteiger charge is 2.48. The summed E-state index contributed by atoms with van der Waals surface area (Å²) in [5.74, 6) is 0. The summed E-state index contributed by atoms with van der Waals surface area (Å²) in [6.45, 7) is 0.325. The van der Waals surface area contributed by atoms with Crippen LogP contribution in [0, 0.1) is 0 Å². The van der Waals surface area contributed by atoms with Gasteiger partial charge in [-0.3, -0.25) is 0 Å². The fraction of sp³-hybridized carbons (Fsp3) is 0.571. The van der Waals surface area contributed by atoms with Gasteiger partial charge in [-0.2, -0.15) is 0 Å². The normalized spacial score (nSPS) is 37.9. The number of ether oxygens (including phenoxy) is 3. The average molecular weight is 323 g/mol. The van der Waals surface area contributed by atoms with Crippen LogP contribution in [0.15, 0.2) is 35.4 Å². The first-order valence-corrected chi connectivity index (χ1v) is 8.26. The Balaban J connectivity index is 1.82. The number of rotatable bonds is 3. The number of nitrogens with zero attached hydrogens (tertiary/aromatic N) is 3. The summed E-state index contributed by atoms with van der Waals surface area (Å²) >= 11 is 1.37. The van der Waals surface area contributed by atoms with Gasteiger partial charge < -0.3 is 19.3 Å². The lowest BCUT2D eigenvalue weighted by Crippen LogP contribution is -2.60. The Morgan fingerprint density at radius 3 is 2.77 bits per heavy atom. The highest BCUT2D eigenvalue weighted by molar-refractivity contribution is 7.99. The Bertz CT molecular complexity index is 554. The maximum atomic E-state index is 10.3. The van der Waals surface area contributed by atoms with E-state index < -0.39 is 30.0 Å². The number of thioether (sulfide) groups is 1. The van der Waals surface area contributed by atoms with Crippen molar-refractivity contribution in [2.45, 2.75) is 36.1 Å². The van der Waals surface area contributed by atoms with Gasteiger partial charge in [-0.1, -0.05) is 35.4 Å². The van der Waals surface area contributed by atoms with Crippen LogP contribution >= 0.6 is 11.8 Å². The van der Waals surface area contributed by atoms with Crippen molar-refractivity contribution in [2.75, 3.05) is 12.9 Å². The Morgan fingerprint density at radius 2 is 2.09 bits per heavy atom. The molecule has 0 amide bonds. The molecule has 118 valence electrons. The van der Waals surface area contributed by atoms with Crippen LogP contribution in [0.25, 0.3) is 10.4 Å². The van der Waals surface area contributed by atoms with Gasteiger partial charge in [0.1, 0.15) is 23.7 Å². The Hall–Kier alpha value is -1.28. The van der Waals surface area contributed by atoms with E-state index in [1.165, 1.54) is 11.8 Å². The molecule has 1 aromatic carbocycles. The molecule has 6 atom stereocenters. The van der Waals surface area contributed by atoms with E-state index in [0.29, 0.717) is 6.61 Å². The molecule has 2 heterocycles. The van der Waals surface area contributed by atoms with E-state index in [1.54, 1.807) is 0 Å². The summed E-state index contributed by atoms with van der Waals surface area (Å²) in [5.41, 5.74) is 9.20. The summed E-state index contributed by atoms with van der Waals surface area (Å²) in [6.07, 6.45) is -0.537. The molecule has 1 N–H and O–H groups in total. The van der Waals surface area contributed by atoms with Crippen LogP contribution < -0.4 is 0 Å². The van der Waals surface area contributed by atoms with Crippen LogP contribution in [0.5, 0.6) is 0 Å². The van der Waals surface area contributed by atoms with Crippen molar-refractivity contribution < 1.29 is 19.3 Å². The van der Waals surface area contributed by atoms with Crippen LogP contribution in [0.4, 0.5) is 0 Å². The van der Waals surface area contributed by atoms with E-state index >= 15 is 0 Å². The van der Waals surface area contributed by atoms with E-state index in [4.69, 9.17) is 19.7 Å². The fourth-order valence-electron chi connectivity index (χ4n) is 2.75. The smallest absolute Gasteiger partial charge is 0.184 e. The number of aliphatic hydroxyl groups excluding tert-OH is 1. The lowest BCUT2D eigenvalue weighted by Gasteiger charge is -2.46. The molecule has 2 aliphatic rings. The lowest BCUT2D eigenvalue weighted by molar-refractivity contribution is -0.297. The maximum absolute atomic E-state index is 10.3. The summed E-state index contributed by atoms with van der Waals surface area (Å²) < 4.78 is 17.4. The monoisotopic (exact) mass is 323 g/mol. The molecule has 3 unspecified atom stereocenters. The first-order valence-electron chi connectivity index (χ1n) is 6.97.